The van der Waals surface area contributed by atoms with E-state index in [1.165, 1.54) is 25.4 Å². The highest BCUT2D eigenvalue weighted by molar-refractivity contribution is 6.31. The van der Waals surface area contributed by atoms with Crippen molar-refractivity contribution in [3.05, 3.63) is 63.9 Å². The van der Waals surface area contributed by atoms with Crippen molar-refractivity contribution in [2.45, 2.75) is 43.6 Å². The molecule has 2 aromatic rings. The number of aryl methyl sites for hydroxylation is 1. The Morgan fingerprint density at radius 2 is 2.11 bits per heavy atom. The predicted octanol–water partition coefficient (Wildman–Crippen LogP) is 5.60. The summed E-state index contributed by atoms with van der Waals surface area (Å²) in [5.41, 5.74) is -2.11. The zero-order valence-electron chi connectivity index (χ0n) is 15.0. The second-order valence-electron chi connectivity index (χ2n) is 6.73. The molecule has 0 N–H and O–H groups in total. The quantitative estimate of drug-likeness (QED) is 0.596. The fourth-order valence-electron chi connectivity index (χ4n) is 3.50. The number of halogens is 5. The van der Waals surface area contributed by atoms with Gasteiger partial charge in [0.05, 0.1) is 17.4 Å². The molecule has 0 spiro atoms. The summed E-state index contributed by atoms with van der Waals surface area (Å²) in [5, 5.41) is -0.0966. The van der Waals surface area contributed by atoms with Crippen LogP contribution in [0.5, 0.6) is 0 Å². The van der Waals surface area contributed by atoms with Crippen LogP contribution < -0.4 is 0 Å². The predicted molar refractivity (Wildman–Crippen MR) is 95.8 cm³/mol. The summed E-state index contributed by atoms with van der Waals surface area (Å²) >= 11 is 5.93. The summed E-state index contributed by atoms with van der Waals surface area (Å²) < 4.78 is 59.2. The molecule has 3 rings (SSSR count). The molecule has 0 amide bonds. The standard InChI is InChI=1S/C20H18ClF4NO2/c1-28-16-8-9-19(22,14-3-2-10-26-18(14)16)17(27)7-5-12-4-6-13(11-15(12)21)20(23,24)25/h2-4,6,10-11,16H,5,7-9H2,1H3/t16-,19-/m0/s1. The van der Waals surface area contributed by atoms with Crippen LogP contribution in [0.4, 0.5) is 17.6 Å². The number of carbonyl (C=O) groups excluding carboxylic acids is 1. The van der Waals surface area contributed by atoms with Crippen LogP contribution >= 0.6 is 11.6 Å². The average molecular weight is 416 g/mol. The van der Waals surface area contributed by atoms with Gasteiger partial charge < -0.3 is 4.74 Å². The van der Waals surface area contributed by atoms with Crippen molar-refractivity contribution in [3.63, 3.8) is 0 Å². The number of nitrogens with zero attached hydrogens (tertiary/aromatic N) is 1. The third-order valence-electron chi connectivity index (χ3n) is 5.05. The molecule has 3 nitrogen and oxygen atoms in total. The maximum absolute atomic E-state index is 15.7. The van der Waals surface area contributed by atoms with Crippen molar-refractivity contribution in [1.29, 1.82) is 0 Å². The number of pyridine rings is 1. The van der Waals surface area contributed by atoms with Crippen molar-refractivity contribution in [3.8, 4) is 0 Å². The minimum atomic E-state index is -4.50. The lowest BCUT2D eigenvalue weighted by molar-refractivity contribution is -0.137. The van der Waals surface area contributed by atoms with E-state index < -0.39 is 23.2 Å². The van der Waals surface area contributed by atoms with Gasteiger partial charge in [-0.1, -0.05) is 23.7 Å². The van der Waals surface area contributed by atoms with Crippen LogP contribution in [0, 0.1) is 0 Å². The monoisotopic (exact) mass is 415 g/mol. The maximum atomic E-state index is 15.7. The van der Waals surface area contributed by atoms with Gasteiger partial charge in [-0.15, -0.1) is 0 Å². The van der Waals surface area contributed by atoms with E-state index in [-0.39, 0.29) is 36.0 Å². The first-order valence-corrected chi connectivity index (χ1v) is 9.10. The number of alkyl halides is 4. The highest BCUT2D eigenvalue weighted by atomic mass is 35.5. The molecule has 0 saturated heterocycles. The van der Waals surface area contributed by atoms with Crippen molar-refractivity contribution in [1.82, 2.24) is 4.98 Å². The molecular formula is C20H18ClF4NO2. The lowest BCUT2D eigenvalue weighted by Gasteiger charge is -2.33. The van der Waals surface area contributed by atoms with E-state index in [0.717, 1.165) is 12.1 Å². The van der Waals surface area contributed by atoms with Gasteiger partial charge in [0.1, 0.15) is 0 Å². The number of carbonyl (C=O) groups is 1. The van der Waals surface area contributed by atoms with E-state index in [0.29, 0.717) is 17.7 Å². The molecule has 150 valence electrons. The number of hydrogen-bond donors (Lipinski definition) is 0. The van der Waals surface area contributed by atoms with Crippen LogP contribution in [0.1, 0.15) is 47.8 Å². The largest absolute Gasteiger partial charge is 0.416 e. The number of fused-ring (bicyclic) bond motifs is 1. The topological polar surface area (TPSA) is 39.2 Å². The number of ether oxygens (including phenoxy) is 1. The third-order valence-corrected chi connectivity index (χ3v) is 5.40. The van der Waals surface area contributed by atoms with Crippen LogP contribution in [-0.2, 0) is 27.8 Å². The lowest BCUT2D eigenvalue weighted by Crippen LogP contribution is -2.37. The molecule has 0 fully saturated rings. The minimum Gasteiger partial charge on any atom is -0.375 e. The highest BCUT2D eigenvalue weighted by Gasteiger charge is 2.46. The van der Waals surface area contributed by atoms with Crippen molar-refractivity contribution < 1.29 is 27.1 Å². The van der Waals surface area contributed by atoms with Crippen LogP contribution in [0.15, 0.2) is 36.5 Å². The van der Waals surface area contributed by atoms with E-state index in [1.54, 1.807) is 6.07 Å². The first-order chi connectivity index (χ1) is 13.2. The third kappa shape index (κ3) is 3.91. The molecule has 28 heavy (non-hydrogen) atoms. The molecule has 0 bridgehead atoms. The van der Waals surface area contributed by atoms with E-state index in [9.17, 15) is 18.0 Å². The summed E-state index contributed by atoms with van der Waals surface area (Å²) in [7, 11) is 1.50. The van der Waals surface area contributed by atoms with Gasteiger partial charge in [-0.05, 0) is 43.0 Å². The summed E-state index contributed by atoms with van der Waals surface area (Å²) in [6.45, 7) is 0. The summed E-state index contributed by atoms with van der Waals surface area (Å²) in [6, 6.07) is 6.03. The van der Waals surface area contributed by atoms with E-state index in [1.807, 2.05) is 0 Å². The van der Waals surface area contributed by atoms with Gasteiger partial charge in [0.15, 0.2) is 11.5 Å². The second-order valence-corrected chi connectivity index (χ2v) is 7.13. The van der Waals surface area contributed by atoms with Gasteiger partial charge in [-0.3, -0.25) is 9.78 Å². The molecule has 1 aliphatic rings. The molecule has 0 unspecified atom stereocenters. The van der Waals surface area contributed by atoms with E-state index >= 15 is 4.39 Å². The Hall–Kier alpha value is -1.99. The highest BCUT2D eigenvalue weighted by Crippen LogP contribution is 2.44. The average Bonchev–Trinajstić information content (AvgIpc) is 2.66. The van der Waals surface area contributed by atoms with Crippen LogP contribution in [0.3, 0.4) is 0 Å². The van der Waals surface area contributed by atoms with Crippen molar-refractivity contribution >= 4 is 17.4 Å². The summed E-state index contributed by atoms with van der Waals surface area (Å²) in [5.74, 6) is -0.646. The van der Waals surface area contributed by atoms with Crippen LogP contribution in [0.25, 0.3) is 0 Å². The van der Waals surface area contributed by atoms with E-state index in [4.69, 9.17) is 16.3 Å². The number of benzene rings is 1. The van der Waals surface area contributed by atoms with Gasteiger partial charge in [0, 0.05) is 30.3 Å². The molecule has 1 aromatic heterocycles. The van der Waals surface area contributed by atoms with Gasteiger partial charge in [0.2, 0.25) is 0 Å². The number of methoxy groups -OCH3 is 1. The number of rotatable bonds is 5. The Labute approximate surface area is 164 Å². The zero-order valence-corrected chi connectivity index (χ0v) is 15.8. The fraction of sp³-hybridized carbons (Fsp3) is 0.400. The number of Topliss-reactive ketones (excluding diaryl/α,β-unsaturated/α-hetero) is 1. The Bertz CT molecular complexity index is 887. The smallest absolute Gasteiger partial charge is 0.375 e. The Morgan fingerprint density at radius 3 is 2.75 bits per heavy atom. The Balaban J connectivity index is 1.78. The molecule has 0 radical (unpaired) electrons. The van der Waals surface area contributed by atoms with Crippen LogP contribution in [0.2, 0.25) is 5.02 Å². The van der Waals surface area contributed by atoms with Crippen LogP contribution in [-0.4, -0.2) is 17.9 Å². The van der Waals surface area contributed by atoms with Gasteiger partial charge in [-0.25, -0.2) is 4.39 Å². The van der Waals surface area contributed by atoms with Gasteiger partial charge in [0.25, 0.3) is 0 Å². The molecule has 1 aromatic carbocycles. The van der Waals surface area contributed by atoms with Gasteiger partial charge >= 0.3 is 6.18 Å². The van der Waals surface area contributed by atoms with E-state index in [2.05, 4.69) is 4.98 Å². The Morgan fingerprint density at radius 1 is 1.36 bits per heavy atom. The first-order valence-electron chi connectivity index (χ1n) is 8.73. The van der Waals surface area contributed by atoms with Crippen molar-refractivity contribution in [2.24, 2.45) is 0 Å². The molecular weight excluding hydrogens is 398 g/mol. The Kier molecular flexibility index (Phi) is 5.77. The number of ketones is 1. The normalized spacial score (nSPS) is 22.0. The summed E-state index contributed by atoms with van der Waals surface area (Å²) in [4.78, 5) is 16.9. The lowest BCUT2D eigenvalue weighted by atomic mass is 9.77. The fourth-order valence-corrected chi connectivity index (χ4v) is 3.78. The zero-order chi connectivity index (χ0) is 20.5. The molecule has 0 aliphatic heterocycles. The molecule has 2 atom stereocenters. The maximum Gasteiger partial charge on any atom is 0.416 e. The van der Waals surface area contributed by atoms with Crippen molar-refractivity contribution in [2.75, 3.05) is 7.11 Å². The summed E-state index contributed by atoms with van der Waals surface area (Å²) in [6.07, 6.45) is -3.23. The number of hydrogen-bond acceptors (Lipinski definition) is 3. The molecule has 1 aliphatic carbocycles. The second kappa shape index (κ2) is 7.79. The SMILES string of the molecule is CO[C@H]1CC[C@@](F)(C(=O)CCc2ccc(C(F)(F)F)cc2Cl)c2cccnc21. The molecule has 8 heteroatoms. The minimum absolute atomic E-state index is 0.0379. The number of aromatic nitrogens is 1. The van der Waals surface area contributed by atoms with Gasteiger partial charge in [-0.2, -0.15) is 13.2 Å². The first kappa shape index (κ1) is 20.7. The molecule has 0 saturated carbocycles. The molecule has 1 heterocycles.